The van der Waals surface area contributed by atoms with Crippen LogP contribution in [0.25, 0.3) is 0 Å². The summed E-state index contributed by atoms with van der Waals surface area (Å²) in [6.07, 6.45) is 3.18. The van der Waals surface area contributed by atoms with Crippen LogP contribution in [0.3, 0.4) is 0 Å². The average molecular weight is 524 g/mol. The van der Waals surface area contributed by atoms with Crippen molar-refractivity contribution in [3.63, 3.8) is 0 Å². The minimum absolute atomic E-state index is 0.148. The van der Waals surface area contributed by atoms with E-state index in [4.69, 9.17) is 4.74 Å². The molecule has 0 radical (unpaired) electrons. The van der Waals surface area contributed by atoms with Crippen molar-refractivity contribution in [3.8, 4) is 0 Å². The Morgan fingerprint density at radius 3 is 2.45 bits per heavy atom. The molecule has 1 amide bonds. The molecular formula is C31H34F3N2O2+. The lowest BCUT2D eigenvalue weighted by atomic mass is 9.83. The van der Waals surface area contributed by atoms with Crippen LogP contribution in [0.5, 0.6) is 0 Å². The molecule has 3 aromatic carbocycles. The SMILES string of the molecule is Cc1cccc(C(NC(=O)O[C@H]2C[N+]3(CCCc4ccccc4)CCC2CC3)c2cc(F)c(F)cc2F)c1. The maximum Gasteiger partial charge on any atom is 0.408 e. The number of quaternary nitrogens is 1. The van der Waals surface area contributed by atoms with Gasteiger partial charge in [0.2, 0.25) is 0 Å². The van der Waals surface area contributed by atoms with Crippen molar-refractivity contribution in [1.29, 1.82) is 0 Å². The van der Waals surface area contributed by atoms with Crippen LogP contribution < -0.4 is 5.32 Å². The van der Waals surface area contributed by atoms with Crippen LogP contribution >= 0.6 is 0 Å². The Morgan fingerprint density at radius 2 is 1.71 bits per heavy atom. The van der Waals surface area contributed by atoms with E-state index >= 15 is 0 Å². The number of carbonyl (C=O) groups excluding carboxylic acids is 1. The minimum Gasteiger partial charge on any atom is -0.440 e. The second kappa shape index (κ2) is 11.2. The van der Waals surface area contributed by atoms with Crippen molar-refractivity contribution in [1.82, 2.24) is 5.32 Å². The number of rotatable bonds is 8. The normalized spacial score (nSPS) is 23.2. The number of carbonyl (C=O) groups is 1. The number of amides is 1. The summed E-state index contributed by atoms with van der Waals surface area (Å²) in [6.45, 7) is 5.85. The average Bonchev–Trinajstić information content (AvgIpc) is 2.91. The molecular weight excluding hydrogens is 489 g/mol. The Balaban J connectivity index is 1.28. The van der Waals surface area contributed by atoms with Crippen molar-refractivity contribution >= 4 is 6.09 Å². The molecule has 0 saturated carbocycles. The van der Waals surface area contributed by atoms with Crippen molar-refractivity contribution in [2.75, 3.05) is 26.2 Å². The van der Waals surface area contributed by atoms with Crippen LogP contribution in [0.2, 0.25) is 0 Å². The Labute approximate surface area is 222 Å². The number of hydrogen-bond donors (Lipinski definition) is 1. The fraction of sp³-hybridized carbons (Fsp3) is 0.387. The Kier molecular flexibility index (Phi) is 7.75. The first kappa shape index (κ1) is 26.3. The lowest BCUT2D eigenvalue weighted by molar-refractivity contribution is -0.946. The number of aryl methyl sites for hydroxylation is 2. The monoisotopic (exact) mass is 523 g/mol. The van der Waals surface area contributed by atoms with E-state index in [0.29, 0.717) is 17.5 Å². The zero-order valence-electron chi connectivity index (χ0n) is 21.6. The Bertz CT molecular complexity index is 1280. The first-order valence-corrected chi connectivity index (χ1v) is 13.4. The van der Waals surface area contributed by atoms with Crippen molar-refractivity contribution < 1.29 is 27.2 Å². The molecule has 7 heteroatoms. The molecule has 1 N–H and O–H groups in total. The van der Waals surface area contributed by atoms with Crippen LogP contribution in [0, 0.1) is 30.3 Å². The number of piperidine rings is 3. The molecule has 38 heavy (non-hydrogen) atoms. The van der Waals surface area contributed by atoms with Crippen LogP contribution in [-0.4, -0.2) is 42.9 Å². The first-order chi connectivity index (χ1) is 18.3. The molecule has 3 saturated heterocycles. The van der Waals surface area contributed by atoms with Crippen LogP contribution in [0.15, 0.2) is 66.7 Å². The third-order valence-electron chi connectivity index (χ3n) is 8.23. The third-order valence-corrected chi connectivity index (χ3v) is 8.23. The molecule has 3 fully saturated rings. The van der Waals surface area contributed by atoms with E-state index in [1.807, 2.05) is 19.1 Å². The Hall–Kier alpha value is -3.32. The maximum absolute atomic E-state index is 14.8. The summed E-state index contributed by atoms with van der Waals surface area (Å²) in [5.41, 5.74) is 2.64. The summed E-state index contributed by atoms with van der Waals surface area (Å²) in [5.74, 6) is -3.08. The van der Waals surface area contributed by atoms with E-state index < -0.39 is 29.6 Å². The lowest BCUT2D eigenvalue weighted by Crippen LogP contribution is -2.65. The molecule has 0 aliphatic carbocycles. The minimum atomic E-state index is -1.27. The van der Waals surface area contributed by atoms with Gasteiger partial charge in [0, 0.05) is 36.8 Å². The van der Waals surface area contributed by atoms with Gasteiger partial charge < -0.3 is 14.5 Å². The molecule has 3 aliphatic rings. The second-order valence-electron chi connectivity index (χ2n) is 10.8. The van der Waals surface area contributed by atoms with Gasteiger partial charge in [-0.1, -0.05) is 60.2 Å². The zero-order chi connectivity index (χ0) is 26.7. The van der Waals surface area contributed by atoms with Crippen LogP contribution in [0.4, 0.5) is 18.0 Å². The lowest BCUT2D eigenvalue weighted by Gasteiger charge is -2.52. The number of nitrogens with one attached hydrogen (secondary N) is 1. The number of hydrogen-bond acceptors (Lipinski definition) is 2. The smallest absolute Gasteiger partial charge is 0.408 e. The van der Waals surface area contributed by atoms with Crippen molar-refractivity contribution in [3.05, 3.63) is 106 Å². The molecule has 3 aromatic rings. The third kappa shape index (κ3) is 5.88. The van der Waals surface area contributed by atoms with Crippen LogP contribution in [-0.2, 0) is 11.2 Å². The molecule has 200 valence electrons. The molecule has 2 bridgehead atoms. The molecule has 0 spiro atoms. The fourth-order valence-electron chi connectivity index (χ4n) is 6.17. The fourth-order valence-corrected chi connectivity index (χ4v) is 6.17. The van der Waals surface area contributed by atoms with Gasteiger partial charge in [-0.3, -0.25) is 0 Å². The van der Waals surface area contributed by atoms with E-state index in [0.717, 1.165) is 68.0 Å². The highest BCUT2D eigenvalue weighted by molar-refractivity contribution is 5.69. The molecule has 6 rings (SSSR count). The zero-order valence-corrected chi connectivity index (χ0v) is 21.6. The first-order valence-electron chi connectivity index (χ1n) is 13.4. The van der Waals surface area contributed by atoms with E-state index in [1.165, 1.54) is 5.56 Å². The van der Waals surface area contributed by atoms with Gasteiger partial charge in [-0.25, -0.2) is 18.0 Å². The van der Waals surface area contributed by atoms with Crippen molar-refractivity contribution in [2.45, 2.75) is 44.8 Å². The molecule has 2 atom stereocenters. The van der Waals surface area contributed by atoms with Gasteiger partial charge in [0.05, 0.1) is 25.7 Å². The number of fused-ring (bicyclic) bond motifs is 3. The standard InChI is InChI=1S/C31H33F3N2O2/c1-21-7-5-11-24(17-21)30(25-18-27(33)28(34)19-26(25)32)35-31(37)38-29-20-36(15-12-23(29)13-16-36)14-6-10-22-8-3-2-4-9-22/h2-5,7-9,11,17-19,23,29-30H,6,10,12-16,20H2,1H3/p+1/t23?,29-,30?,36?/m0/s1. The molecule has 0 aromatic heterocycles. The number of nitrogens with zero attached hydrogens (tertiary/aromatic N) is 1. The number of alkyl carbamates (subject to hydrolysis) is 1. The molecule has 3 heterocycles. The summed E-state index contributed by atoms with van der Waals surface area (Å²) in [5, 5.41) is 2.75. The topological polar surface area (TPSA) is 38.3 Å². The van der Waals surface area contributed by atoms with E-state index in [2.05, 4.69) is 29.6 Å². The summed E-state index contributed by atoms with van der Waals surface area (Å²) in [6, 6.07) is 17.9. The summed E-state index contributed by atoms with van der Waals surface area (Å²) in [7, 11) is 0. The van der Waals surface area contributed by atoms with Gasteiger partial charge in [-0.15, -0.1) is 0 Å². The summed E-state index contributed by atoms with van der Waals surface area (Å²) < 4.78 is 49.4. The highest BCUT2D eigenvalue weighted by atomic mass is 19.2. The van der Waals surface area contributed by atoms with Crippen LogP contribution in [0.1, 0.15) is 47.6 Å². The van der Waals surface area contributed by atoms with Gasteiger partial charge in [0.15, 0.2) is 17.7 Å². The molecule has 3 aliphatic heterocycles. The highest BCUT2D eigenvalue weighted by Gasteiger charge is 2.47. The van der Waals surface area contributed by atoms with Gasteiger partial charge in [0.1, 0.15) is 12.4 Å². The highest BCUT2D eigenvalue weighted by Crippen LogP contribution is 2.36. The predicted molar refractivity (Wildman–Crippen MR) is 140 cm³/mol. The number of ether oxygens (including phenoxy) is 1. The van der Waals surface area contributed by atoms with E-state index in [9.17, 15) is 18.0 Å². The maximum atomic E-state index is 14.8. The largest absolute Gasteiger partial charge is 0.440 e. The van der Waals surface area contributed by atoms with Gasteiger partial charge in [0.25, 0.3) is 0 Å². The number of benzene rings is 3. The van der Waals surface area contributed by atoms with Gasteiger partial charge in [-0.05, 0) is 30.5 Å². The van der Waals surface area contributed by atoms with Gasteiger partial charge >= 0.3 is 6.09 Å². The summed E-state index contributed by atoms with van der Waals surface area (Å²) in [4.78, 5) is 13.2. The van der Waals surface area contributed by atoms with E-state index in [-0.39, 0.29) is 11.7 Å². The predicted octanol–water partition coefficient (Wildman–Crippen LogP) is 6.47. The van der Waals surface area contributed by atoms with Crippen molar-refractivity contribution in [2.24, 2.45) is 5.92 Å². The molecule has 4 nitrogen and oxygen atoms in total. The van der Waals surface area contributed by atoms with E-state index in [1.54, 1.807) is 18.2 Å². The quantitative estimate of drug-likeness (QED) is 0.272. The second-order valence-corrected chi connectivity index (χ2v) is 10.8. The van der Waals surface area contributed by atoms with Gasteiger partial charge in [-0.2, -0.15) is 0 Å². The summed E-state index contributed by atoms with van der Waals surface area (Å²) >= 11 is 0. The Morgan fingerprint density at radius 1 is 0.974 bits per heavy atom. The molecule has 1 unspecified atom stereocenters. The number of halogens is 3.